The first-order valence-electron chi connectivity index (χ1n) is 8.91. The second-order valence-electron chi connectivity index (χ2n) is 6.69. The second-order valence-corrected chi connectivity index (χ2v) is 6.69. The molecular weight excluding hydrogens is 316 g/mol. The number of hydrogen-bond acceptors (Lipinski definition) is 5. The van der Waals surface area contributed by atoms with Gasteiger partial charge in [-0.05, 0) is 45.2 Å². The zero-order valence-electron chi connectivity index (χ0n) is 15.3. The van der Waals surface area contributed by atoms with Crippen LogP contribution in [0.15, 0.2) is 23.0 Å². The summed E-state index contributed by atoms with van der Waals surface area (Å²) in [6.07, 6.45) is 5.92. The van der Waals surface area contributed by atoms with Crippen molar-refractivity contribution in [1.29, 1.82) is 0 Å². The number of aryl methyl sites for hydroxylation is 3. The number of carbonyl (C=O) groups is 1. The maximum absolute atomic E-state index is 12.6. The third kappa shape index (κ3) is 4.00. The van der Waals surface area contributed by atoms with Gasteiger partial charge in [0.2, 0.25) is 5.91 Å². The molecule has 0 N–H and O–H groups in total. The molecule has 1 aliphatic heterocycles. The lowest BCUT2D eigenvalue weighted by molar-refractivity contribution is -0.130. The molecule has 1 amide bonds. The predicted octanol–water partition coefficient (Wildman–Crippen LogP) is 2.67. The van der Waals surface area contributed by atoms with E-state index in [0.717, 1.165) is 49.6 Å². The SMILES string of the molecule is Cc1cnccc1N1CCCN(C(=O)CCc2c(C)noc2C)CC1. The fourth-order valence-corrected chi connectivity index (χ4v) is 3.48. The van der Waals surface area contributed by atoms with Gasteiger partial charge in [-0.1, -0.05) is 5.16 Å². The highest BCUT2D eigenvalue weighted by molar-refractivity contribution is 5.76. The van der Waals surface area contributed by atoms with Crippen molar-refractivity contribution in [2.75, 3.05) is 31.1 Å². The van der Waals surface area contributed by atoms with Gasteiger partial charge in [0.25, 0.3) is 0 Å². The minimum absolute atomic E-state index is 0.216. The molecule has 0 radical (unpaired) electrons. The van der Waals surface area contributed by atoms with Gasteiger partial charge in [0.15, 0.2) is 0 Å². The number of hydrogen-bond donors (Lipinski definition) is 0. The highest BCUT2D eigenvalue weighted by atomic mass is 16.5. The zero-order valence-corrected chi connectivity index (χ0v) is 15.3. The molecule has 134 valence electrons. The van der Waals surface area contributed by atoms with Crippen LogP contribution in [-0.2, 0) is 11.2 Å². The van der Waals surface area contributed by atoms with Gasteiger partial charge in [0.05, 0.1) is 5.69 Å². The van der Waals surface area contributed by atoms with E-state index in [1.807, 2.05) is 31.1 Å². The summed E-state index contributed by atoms with van der Waals surface area (Å²) in [5.41, 5.74) is 4.36. The Kier molecular flexibility index (Phi) is 5.36. The van der Waals surface area contributed by atoms with Crippen molar-refractivity contribution >= 4 is 11.6 Å². The molecule has 2 aromatic heterocycles. The number of aromatic nitrogens is 2. The molecule has 0 saturated carbocycles. The molecular formula is C19H26N4O2. The summed E-state index contributed by atoms with van der Waals surface area (Å²) in [4.78, 5) is 21.1. The monoisotopic (exact) mass is 342 g/mol. The number of amides is 1. The summed E-state index contributed by atoms with van der Waals surface area (Å²) < 4.78 is 5.18. The van der Waals surface area contributed by atoms with E-state index < -0.39 is 0 Å². The van der Waals surface area contributed by atoms with Crippen LogP contribution in [0.5, 0.6) is 0 Å². The highest BCUT2D eigenvalue weighted by Gasteiger charge is 2.21. The van der Waals surface area contributed by atoms with E-state index in [0.29, 0.717) is 12.8 Å². The number of rotatable bonds is 4. The molecule has 1 fully saturated rings. The number of carbonyl (C=O) groups excluding carboxylic acids is 1. The summed E-state index contributed by atoms with van der Waals surface area (Å²) in [5.74, 6) is 1.04. The maximum atomic E-state index is 12.6. The van der Waals surface area contributed by atoms with Crippen molar-refractivity contribution in [3.63, 3.8) is 0 Å². The molecule has 0 aromatic carbocycles. The van der Waals surface area contributed by atoms with Gasteiger partial charge in [0, 0.05) is 56.2 Å². The molecule has 2 aromatic rings. The summed E-state index contributed by atoms with van der Waals surface area (Å²) in [6, 6.07) is 2.06. The van der Waals surface area contributed by atoms with E-state index in [2.05, 4.69) is 28.0 Å². The molecule has 6 nitrogen and oxygen atoms in total. The number of anilines is 1. The lowest BCUT2D eigenvalue weighted by Gasteiger charge is -2.25. The lowest BCUT2D eigenvalue weighted by atomic mass is 10.1. The molecule has 6 heteroatoms. The lowest BCUT2D eigenvalue weighted by Crippen LogP contribution is -2.35. The topological polar surface area (TPSA) is 62.5 Å². The van der Waals surface area contributed by atoms with E-state index in [1.54, 1.807) is 0 Å². The fourth-order valence-electron chi connectivity index (χ4n) is 3.48. The largest absolute Gasteiger partial charge is 0.369 e. The third-order valence-corrected chi connectivity index (χ3v) is 4.95. The quantitative estimate of drug-likeness (QED) is 0.855. The second kappa shape index (κ2) is 7.68. The smallest absolute Gasteiger partial charge is 0.222 e. The molecule has 0 bridgehead atoms. The Morgan fingerprint density at radius 2 is 2.04 bits per heavy atom. The Labute approximate surface area is 148 Å². The third-order valence-electron chi connectivity index (χ3n) is 4.95. The van der Waals surface area contributed by atoms with Crippen LogP contribution in [0.25, 0.3) is 0 Å². The van der Waals surface area contributed by atoms with Crippen LogP contribution in [0.1, 0.15) is 35.4 Å². The minimum atomic E-state index is 0.216. The van der Waals surface area contributed by atoms with Gasteiger partial charge in [-0.15, -0.1) is 0 Å². The standard InChI is InChI=1S/C19H26N4O2/c1-14-13-20-8-7-18(14)22-9-4-10-23(12-11-22)19(24)6-5-17-15(2)21-25-16(17)3/h7-8,13H,4-6,9-12H2,1-3H3. The van der Waals surface area contributed by atoms with E-state index in [1.165, 1.54) is 11.3 Å². The van der Waals surface area contributed by atoms with Crippen molar-refractivity contribution in [3.05, 3.63) is 41.0 Å². The first-order valence-corrected chi connectivity index (χ1v) is 8.91. The summed E-state index contributed by atoms with van der Waals surface area (Å²) in [6.45, 7) is 9.33. The fraction of sp³-hybridized carbons (Fsp3) is 0.526. The average molecular weight is 342 g/mol. The Bertz CT molecular complexity index is 721. The van der Waals surface area contributed by atoms with Crippen molar-refractivity contribution in [3.8, 4) is 0 Å². The van der Waals surface area contributed by atoms with Crippen LogP contribution >= 0.6 is 0 Å². The predicted molar refractivity (Wildman–Crippen MR) is 96.7 cm³/mol. The molecule has 0 atom stereocenters. The summed E-state index contributed by atoms with van der Waals surface area (Å²) in [7, 11) is 0. The Morgan fingerprint density at radius 3 is 2.76 bits per heavy atom. The zero-order chi connectivity index (χ0) is 17.8. The van der Waals surface area contributed by atoms with Crippen molar-refractivity contribution < 1.29 is 9.32 Å². The van der Waals surface area contributed by atoms with Crippen LogP contribution < -0.4 is 4.90 Å². The molecule has 3 heterocycles. The van der Waals surface area contributed by atoms with E-state index in [4.69, 9.17) is 4.52 Å². The van der Waals surface area contributed by atoms with Crippen LogP contribution in [0.4, 0.5) is 5.69 Å². The van der Waals surface area contributed by atoms with Crippen LogP contribution in [0, 0.1) is 20.8 Å². The molecule has 3 rings (SSSR count). The van der Waals surface area contributed by atoms with Crippen molar-refractivity contribution in [2.45, 2.75) is 40.0 Å². The summed E-state index contributed by atoms with van der Waals surface area (Å²) >= 11 is 0. The number of pyridine rings is 1. The van der Waals surface area contributed by atoms with Crippen LogP contribution in [0.2, 0.25) is 0 Å². The van der Waals surface area contributed by atoms with E-state index in [9.17, 15) is 4.79 Å². The van der Waals surface area contributed by atoms with Gasteiger partial charge < -0.3 is 14.3 Å². The Morgan fingerprint density at radius 1 is 1.20 bits per heavy atom. The van der Waals surface area contributed by atoms with Gasteiger partial charge in [-0.25, -0.2) is 0 Å². The van der Waals surface area contributed by atoms with Gasteiger partial charge in [0.1, 0.15) is 5.76 Å². The van der Waals surface area contributed by atoms with Gasteiger partial charge in [-0.2, -0.15) is 0 Å². The molecule has 1 saturated heterocycles. The molecule has 25 heavy (non-hydrogen) atoms. The Hall–Kier alpha value is -2.37. The van der Waals surface area contributed by atoms with Gasteiger partial charge in [-0.3, -0.25) is 9.78 Å². The van der Waals surface area contributed by atoms with E-state index in [-0.39, 0.29) is 5.91 Å². The summed E-state index contributed by atoms with van der Waals surface area (Å²) in [5, 5.41) is 3.96. The minimum Gasteiger partial charge on any atom is -0.369 e. The first kappa shape index (κ1) is 17.5. The van der Waals surface area contributed by atoms with E-state index >= 15 is 0 Å². The molecule has 1 aliphatic rings. The average Bonchev–Trinajstić information content (AvgIpc) is 2.79. The molecule has 0 spiro atoms. The first-order chi connectivity index (χ1) is 12.1. The molecule has 0 unspecified atom stereocenters. The highest BCUT2D eigenvalue weighted by Crippen LogP contribution is 2.20. The normalized spacial score (nSPS) is 15.3. The van der Waals surface area contributed by atoms with Crippen LogP contribution in [0.3, 0.4) is 0 Å². The number of nitrogens with zero attached hydrogens (tertiary/aromatic N) is 4. The molecule has 0 aliphatic carbocycles. The van der Waals surface area contributed by atoms with Crippen molar-refractivity contribution in [1.82, 2.24) is 15.0 Å². The maximum Gasteiger partial charge on any atom is 0.222 e. The van der Waals surface area contributed by atoms with Crippen molar-refractivity contribution in [2.24, 2.45) is 0 Å². The van der Waals surface area contributed by atoms with Crippen LogP contribution in [-0.4, -0.2) is 47.1 Å². The van der Waals surface area contributed by atoms with Gasteiger partial charge >= 0.3 is 0 Å². The Balaban J connectivity index is 1.57.